The Morgan fingerprint density at radius 2 is 1.87 bits per heavy atom. The van der Waals surface area contributed by atoms with E-state index in [0.717, 1.165) is 24.5 Å². The van der Waals surface area contributed by atoms with Gasteiger partial charge in [0.05, 0.1) is 24.5 Å². The Kier molecular flexibility index (Phi) is 7.42. The van der Waals surface area contributed by atoms with E-state index in [0.29, 0.717) is 39.4 Å². The quantitative estimate of drug-likeness (QED) is 0.648. The van der Waals surface area contributed by atoms with Crippen molar-refractivity contribution < 1.29 is 17.9 Å². The fraction of sp³-hybridized carbons (Fsp3) is 0.714. The summed E-state index contributed by atoms with van der Waals surface area (Å²) in [6.07, 6.45) is 7.08. The number of ether oxygens (including phenoxy) is 1. The maximum absolute atomic E-state index is 12.8. The molecule has 1 aromatic heterocycles. The van der Waals surface area contributed by atoms with Crippen molar-refractivity contribution in [2.45, 2.75) is 49.9 Å². The number of hydrogen-bond acceptors (Lipinski definition) is 7. The largest absolute Gasteiger partial charge is 0.379 e. The zero-order valence-corrected chi connectivity index (χ0v) is 18.8. The topological polar surface area (TPSA) is 104 Å². The lowest BCUT2D eigenvalue weighted by atomic mass is 10.2. The molecule has 3 fully saturated rings. The number of carbonyl (C=O) groups is 1. The van der Waals surface area contributed by atoms with Crippen molar-refractivity contribution in [2.24, 2.45) is 0 Å². The van der Waals surface area contributed by atoms with Gasteiger partial charge in [0.15, 0.2) is 0 Å². The Morgan fingerprint density at radius 3 is 2.55 bits per heavy atom. The van der Waals surface area contributed by atoms with Crippen LogP contribution in [-0.4, -0.2) is 80.8 Å². The van der Waals surface area contributed by atoms with Crippen molar-refractivity contribution in [3.05, 3.63) is 23.9 Å². The van der Waals surface area contributed by atoms with Crippen molar-refractivity contribution in [1.82, 2.24) is 19.9 Å². The average Bonchev–Trinajstić information content (AvgIpc) is 3.16. The van der Waals surface area contributed by atoms with Crippen molar-refractivity contribution in [3.8, 4) is 0 Å². The molecule has 3 aliphatic heterocycles. The van der Waals surface area contributed by atoms with Gasteiger partial charge in [-0.3, -0.25) is 4.79 Å². The number of hydrogen-bond donors (Lipinski definition) is 2. The number of pyridine rings is 1. The minimum absolute atomic E-state index is 0.170. The second-order valence-electron chi connectivity index (χ2n) is 8.52. The molecule has 1 aromatic rings. The highest BCUT2D eigenvalue weighted by Gasteiger charge is 2.40. The highest BCUT2D eigenvalue weighted by atomic mass is 32.2. The lowest BCUT2D eigenvalue weighted by Crippen LogP contribution is -2.45. The number of rotatable bonds is 6. The molecule has 0 saturated carbocycles. The van der Waals surface area contributed by atoms with Gasteiger partial charge in [0, 0.05) is 45.5 Å². The van der Waals surface area contributed by atoms with Crippen LogP contribution in [0.2, 0.25) is 0 Å². The van der Waals surface area contributed by atoms with Crippen molar-refractivity contribution in [3.63, 3.8) is 0 Å². The molecular weight excluding hydrogens is 418 g/mol. The molecule has 31 heavy (non-hydrogen) atoms. The molecule has 0 radical (unpaired) electrons. The number of aromatic nitrogens is 1. The van der Waals surface area contributed by atoms with E-state index < -0.39 is 21.3 Å². The van der Waals surface area contributed by atoms with Crippen LogP contribution in [0.4, 0.5) is 5.82 Å². The smallest absolute Gasteiger partial charge is 0.237 e. The van der Waals surface area contributed by atoms with Gasteiger partial charge in [0.25, 0.3) is 0 Å². The Bertz CT molecular complexity index is 834. The van der Waals surface area contributed by atoms with Gasteiger partial charge in [-0.1, -0.05) is 18.9 Å². The third-order valence-corrected chi connectivity index (χ3v) is 8.65. The summed E-state index contributed by atoms with van der Waals surface area (Å²) < 4.78 is 32.3. The van der Waals surface area contributed by atoms with Gasteiger partial charge in [-0.05, 0) is 30.9 Å². The van der Waals surface area contributed by atoms with Gasteiger partial charge < -0.3 is 20.3 Å². The van der Waals surface area contributed by atoms with Crippen LogP contribution in [-0.2, 0) is 26.1 Å². The van der Waals surface area contributed by atoms with Crippen LogP contribution in [0, 0.1) is 0 Å². The van der Waals surface area contributed by atoms with E-state index in [1.807, 2.05) is 18.3 Å². The van der Waals surface area contributed by atoms with Crippen LogP contribution in [0.15, 0.2) is 18.3 Å². The van der Waals surface area contributed by atoms with Crippen LogP contribution in [0.5, 0.6) is 0 Å². The second-order valence-corrected chi connectivity index (χ2v) is 10.7. The fourth-order valence-corrected chi connectivity index (χ4v) is 6.28. The van der Waals surface area contributed by atoms with Crippen LogP contribution in [0.1, 0.15) is 37.7 Å². The molecule has 3 saturated heterocycles. The highest BCUT2D eigenvalue weighted by molar-refractivity contribution is 7.89. The summed E-state index contributed by atoms with van der Waals surface area (Å²) in [4.78, 5) is 19.5. The van der Waals surface area contributed by atoms with Gasteiger partial charge >= 0.3 is 0 Å². The molecular formula is C21H33N5O4S. The molecule has 0 aromatic carbocycles. The lowest BCUT2D eigenvalue weighted by molar-refractivity contribution is -0.122. The fourth-order valence-electron chi connectivity index (χ4n) is 4.46. The second kappa shape index (κ2) is 10.2. The summed E-state index contributed by atoms with van der Waals surface area (Å²) in [5.74, 6) is 0.821. The van der Waals surface area contributed by atoms with Gasteiger partial charge in [0.1, 0.15) is 5.82 Å². The standard InChI is InChI=1S/C21H33N5O4S/c27-21(19-13-18(16-22-19)31(28,29)26-9-11-30-12-10-26)24-15-17-5-6-20(23-14-17)25-7-3-1-2-4-8-25/h5-6,14,18-19,22H,1-4,7-13,15-16H2,(H,24,27). The Morgan fingerprint density at radius 1 is 1.13 bits per heavy atom. The Balaban J connectivity index is 1.26. The zero-order chi connectivity index (χ0) is 21.7. The van der Waals surface area contributed by atoms with Crippen molar-refractivity contribution >= 4 is 21.7 Å². The summed E-state index contributed by atoms with van der Waals surface area (Å²) in [5.41, 5.74) is 0.933. The third kappa shape index (κ3) is 5.54. The molecule has 2 unspecified atom stereocenters. The molecule has 10 heteroatoms. The number of nitrogens with zero attached hydrogens (tertiary/aromatic N) is 3. The number of nitrogens with one attached hydrogen (secondary N) is 2. The van der Waals surface area contributed by atoms with E-state index in [1.165, 1.54) is 30.0 Å². The predicted molar refractivity (Wildman–Crippen MR) is 118 cm³/mol. The van der Waals surface area contributed by atoms with E-state index in [-0.39, 0.29) is 12.3 Å². The third-order valence-electron chi connectivity index (χ3n) is 6.36. The monoisotopic (exact) mass is 451 g/mol. The zero-order valence-electron chi connectivity index (χ0n) is 18.0. The molecule has 0 aliphatic carbocycles. The molecule has 4 rings (SSSR count). The van der Waals surface area contributed by atoms with E-state index >= 15 is 0 Å². The maximum Gasteiger partial charge on any atom is 0.237 e. The predicted octanol–water partition coefficient (Wildman–Crippen LogP) is 0.471. The minimum Gasteiger partial charge on any atom is -0.379 e. The van der Waals surface area contributed by atoms with E-state index in [4.69, 9.17) is 4.74 Å². The SMILES string of the molecule is O=C(NCc1ccc(N2CCCCCC2)nc1)C1CC(S(=O)(=O)N2CCOCC2)CN1. The Hall–Kier alpha value is -1.75. The molecule has 2 N–H and O–H groups in total. The van der Waals surface area contributed by atoms with Crippen molar-refractivity contribution in [2.75, 3.05) is 50.8 Å². The molecule has 1 amide bonds. The molecule has 0 bridgehead atoms. The van der Waals surface area contributed by atoms with Crippen LogP contribution < -0.4 is 15.5 Å². The van der Waals surface area contributed by atoms with E-state index in [9.17, 15) is 13.2 Å². The Labute approximate surface area is 184 Å². The summed E-state index contributed by atoms with van der Waals surface area (Å²) >= 11 is 0. The van der Waals surface area contributed by atoms with E-state index in [2.05, 4.69) is 20.5 Å². The van der Waals surface area contributed by atoms with Gasteiger partial charge in [-0.2, -0.15) is 4.31 Å². The van der Waals surface area contributed by atoms with Gasteiger partial charge in [-0.15, -0.1) is 0 Å². The molecule has 0 spiro atoms. The lowest BCUT2D eigenvalue weighted by Gasteiger charge is -2.28. The van der Waals surface area contributed by atoms with E-state index in [1.54, 1.807) is 0 Å². The van der Waals surface area contributed by atoms with Crippen molar-refractivity contribution in [1.29, 1.82) is 0 Å². The number of morpholine rings is 1. The molecule has 9 nitrogen and oxygen atoms in total. The number of sulfonamides is 1. The molecule has 3 aliphatic rings. The molecule has 4 heterocycles. The maximum atomic E-state index is 12.8. The molecule has 2 atom stereocenters. The first-order valence-electron chi connectivity index (χ1n) is 11.3. The van der Waals surface area contributed by atoms with Crippen LogP contribution in [0.3, 0.4) is 0 Å². The number of amides is 1. The first kappa shape index (κ1) is 22.4. The van der Waals surface area contributed by atoms with Crippen LogP contribution >= 0.6 is 0 Å². The summed E-state index contributed by atoms with van der Waals surface area (Å²) in [6.45, 7) is 4.39. The minimum atomic E-state index is -3.42. The summed E-state index contributed by atoms with van der Waals surface area (Å²) in [7, 11) is -3.42. The number of carbonyl (C=O) groups excluding carboxylic acids is 1. The van der Waals surface area contributed by atoms with Gasteiger partial charge in [-0.25, -0.2) is 13.4 Å². The first-order valence-corrected chi connectivity index (χ1v) is 12.8. The molecule has 172 valence electrons. The normalized spacial score (nSPS) is 25.9. The van der Waals surface area contributed by atoms with Crippen LogP contribution in [0.25, 0.3) is 0 Å². The van der Waals surface area contributed by atoms with Gasteiger partial charge in [0.2, 0.25) is 15.9 Å². The summed E-state index contributed by atoms with van der Waals surface area (Å²) in [6, 6.07) is 3.53. The average molecular weight is 452 g/mol. The summed E-state index contributed by atoms with van der Waals surface area (Å²) in [5, 5.41) is 5.42. The first-order chi connectivity index (χ1) is 15.0. The highest BCUT2D eigenvalue weighted by Crippen LogP contribution is 2.21. The number of anilines is 1.